The Morgan fingerprint density at radius 3 is 2.58 bits per heavy atom. The van der Waals surface area contributed by atoms with Gasteiger partial charge in [0.15, 0.2) is 16.6 Å². The molecule has 9 heteroatoms. The van der Waals surface area contributed by atoms with E-state index >= 15 is 0 Å². The van der Waals surface area contributed by atoms with Gasteiger partial charge < -0.3 is 24.4 Å². The molecule has 4 aromatic rings. The summed E-state index contributed by atoms with van der Waals surface area (Å²) >= 11 is 1.65. The molecule has 0 spiro atoms. The van der Waals surface area contributed by atoms with Gasteiger partial charge in [0.2, 0.25) is 6.79 Å². The van der Waals surface area contributed by atoms with Crippen molar-refractivity contribution in [2.75, 3.05) is 51.5 Å². The van der Waals surface area contributed by atoms with Gasteiger partial charge in [0, 0.05) is 44.8 Å². The van der Waals surface area contributed by atoms with Gasteiger partial charge in [0.1, 0.15) is 5.75 Å². The molecule has 3 heterocycles. The molecule has 196 valence electrons. The first-order valence-corrected chi connectivity index (χ1v) is 13.6. The lowest BCUT2D eigenvalue weighted by Gasteiger charge is -2.34. The van der Waals surface area contributed by atoms with Gasteiger partial charge in [-0.15, -0.1) is 0 Å². The van der Waals surface area contributed by atoms with Crippen LogP contribution >= 0.6 is 11.3 Å². The molecule has 2 aliphatic heterocycles. The summed E-state index contributed by atoms with van der Waals surface area (Å²) in [6.45, 7) is 5.54. The lowest BCUT2D eigenvalue weighted by Crippen LogP contribution is -2.45. The van der Waals surface area contributed by atoms with E-state index in [0.717, 1.165) is 77.3 Å². The van der Waals surface area contributed by atoms with Gasteiger partial charge in [-0.1, -0.05) is 29.5 Å². The maximum atomic E-state index is 12.8. The largest absolute Gasteiger partial charge is 0.497 e. The molecular formula is C29H30N4O4S. The van der Waals surface area contributed by atoms with Crippen molar-refractivity contribution in [3.8, 4) is 17.2 Å². The van der Waals surface area contributed by atoms with E-state index in [9.17, 15) is 4.79 Å². The second kappa shape index (κ2) is 10.9. The third-order valence-corrected chi connectivity index (χ3v) is 8.06. The van der Waals surface area contributed by atoms with E-state index in [1.165, 1.54) is 5.56 Å². The van der Waals surface area contributed by atoms with Crippen LogP contribution in [0.15, 0.2) is 60.7 Å². The molecule has 1 N–H and O–H groups in total. The Kier molecular flexibility index (Phi) is 7.02. The number of aromatic nitrogens is 1. The number of anilines is 1. The van der Waals surface area contributed by atoms with E-state index < -0.39 is 0 Å². The molecule has 38 heavy (non-hydrogen) atoms. The molecule has 0 aliphatic carbocycles. The predicted molar refractivity (Wildman–Crippen MR) is 149 cm³/mol. The monoisotopic (exact) mass is 530 g/mol. The maximum absolute atomic E-state index is 12.8. The topological polar surface area (TPSA) is 76.2 Å². The fourth-order valence-corrected chi connectivity index (χ4v) is 5.85. The fraction of sp³-hybridized carbons (Fsp3) is 0.310. The van der Waals surface area contributed by atoms with Crippen LogP contribution in [-0.4, -0.2) is 62.4 Å². The molecule has 1 saturated heterocycles. The Morgan fingerprint density at radius 1 is 0.974 bits per heavy atom. The molecule has 0 radical (unpaired) electrons. The first-order chi connectivity index (χ1) is 18.6. The summed E-state index contributed by atoms with van der Waals surface area (Å²) in [4.78, 5) is 22.4. The van der Waals surface area contributed by atoms with Gasteiger partial charge in [0.25, 0.3) is 5.91 Å². The standard InChI is InChI=1S/C29H30N4O4S/c1-35-23-6-2-20(3-7-23)10-11-30-28(34)22-5-8-24-27(17-22)38-29(31-24)33-14-12-32(13-15-33)18-21-4-9-25-26(16-21)37-19-36-25/h2-9,16-17H,10-15,18-19H2,1H3,(H,30,34). The van der Waals surface area contributed by atoms with E-state index in [0.29, 0.717) is 18.9 Å². The van der Waals surface area contributed by atoms with Crippen LogP contribution < -0.4 is 24.4 Å². The van der Waals surface area contributed by atoms with Crippen molar-refractivity contribution in [3.05, 3.63) is 77.4 Å². The summed E-state index contributed by atoms with van der Waals surface area (Å²) in [7, 11) is 1.66. The van der Waals surface area contributed by atoms with Crippen LogP contribution in [0.1, 0.15) is 21.5 Å². The zero-order valence-corrected chi connectivity index (χ0v) is 22.1. The minimum atomic E-state index is -0.0625. The molecular weight excluding hydrogens is 500 g/mol. The molecule has 0 unspecified atom stereocenters. The number of methoxy groups -OCH3 is 1. The number of hydrogen-bond acceptors (Lipinski definition) is 8. The Hall–Kier alpha value is -3.82. The predicted octanol–water partition coefficient (Wildman–Crippen LogP) is 4.33. The maximum Gasteiger partial charge on any atom is 0.251 e. The lowest BCUT2D eigenvalue weighted by atomic mass is 10.1. The molecule has 1 fully saturated rings. The number of amides is 1. The van der Waals surface area contributed by atoms with Crippen LogP contribution in [-0.2, 0) is 13.0 Å². The average Bonchev–Trinajstić information content (AvgIpc) is 3.60. The quantitative estimate of drug-likeness (QED) is 0.364. The van der Waals surface area contributed by atoms with Crippen molar-refractivity contribution in [1.82, 2.24) is 15.2 Å². The summed E-state index contributed by atoms with van der Waals surface area (Å²) in [6.07, 6.45) is 0.767. The van der Waals surface area contributed by atoms with Crippen LogP contribution in [0.3, 0.4) is 0 Å². The highest BCUT2D eigenvalue weighted by Gasteiger charge is 2.21. The minimum absolute atomic E-state index is 0.0625. The minimum Gasteiger partial charge on any atom is -0.497 e. The first-order valence-electron chi connectivity index (χ1n) is 12.8. The molecule has 0 atom stereocenters. The Labute approximate surface area is 225 Å². The zero-order chi connectivity index (χ0) is 25.9. The van der Waals surface area contributed by atoms with E-state index in [-0.39, 0.29) is 5.91 Å². The first kappa shape index (κ1) is 24.5. The number of carbonyl (C=O) groups excluding carboxylic acids is 1. The number of benzene rings is 3. The van der Waals surface area contributed by atoms with Gasteiger partial charge in [-0.25, -0.2) is 4.98 Å². The van der Waals surface area contributed by atoms with E-state index in [1.54, 1.807) is 18.4 Å². The molecule has 3 aromatic carbocycles. The second-order valence-electron chi connectivity index (χ2n) is 9.48. The highest BCUT2D eigenvalue weighted by atomic mass is 32.1. The van der Waals surface area contributed by atoms with E-state index in [4.69, 9.17) is 19.2 Å². The number of rotatable bonds is 8. The Balaban J connectivity index is 1.02. The van der Waals surface area contributed by atoms with Gasteiger partial charge >= 0.3 is 0 Å². The number of nitrogens with zero attached hydrogens (tertiary/aromatic N) is 3. The van der Waals surface area contributed by atoms with Crippen molar-refractivity contribution < 1.29 is 19.0 Å². The van der Waals surface area contributed by atoms with Crippen LogP contribution in [0.4, 0.5) is 5.13 Å². The second-order valence-corrected chi connectivity index (χ2v) is 10.5. The highest BCUT2D eigenvalue weighted by molar-refractivity contribution is 7.22. The number of piperazine rings is 1. The van der Waals surface area contributed by atoms with Crippen molar-refractivity contribution >= 4 is 32.6 Å². The molecule has 1 aromatic heterocycles. The number of hydrogen-bond donors (Lipinski definition) is 1. The molecule has 0 saturated carbocycles. The summed E-state index contributed by atoms with van der Waals surface area (Å²) in [5.74, 6) is 2.43. The third kappa shape index (κ3) is 5.39. The van der Waals surface area contributed by atoms with Crippen LogP contribution in [0.2, 0.25) is 0 Å². The van der Waals surface area contributed by atoms with Gasteiger partial charge in [-0.3, -0.25) is 9.69 Å². The molecule has 8 nitrogen and oxygen atoms in total. The van der Waals surface area contributed by atoms with E-state index in [2.05, 4.69) is 27.2 Å². The average molecular weight is 531 g/mol. The van der Waals surface area contributed by atoms with Crippen LogP contribution in [0.25, 0.3) is 10.2 Å². The van der Waals surface area contributed by atoms with Gasteiger partial charge in [-0.05, 0) is 60.0 Å². The van der Waals surface area contributed by atoms with Gasteiger partial charge in [-0.2, -0.15) is 0 Å². The Morgan fingerprint density at radius 2 is 1.76 bits per heavy atom. The molecule has 0 bridgehead atoms. The molecule has 2 aliphatic rings. The summed E-state index contributed by atoms with van der Waals surface area (Å²) < 4.78 is 17.2. The number of ether oxygens (including phenoxy) is 3. The lowest BCUT2D eigenvalue weighted by molar-refractivity contribution is 0.0954. The van der Waals surface area contributed by atoms with E-state index in [1.807, 2.05) is 48.5 Å². The third-order valence-electron chi connectivity index (χ3n) is 6.98. The molecule has 6 rings (SSSR count). The highest BCUT2D eigenvalue weighted by Crippen LogP contribution is 2.33. The van der Waals surface area contributed by atoms with Crippen LogP contribution in [0, 0.1) is 0 Å². The van der Waals surface area contributed by atoms with Crippen molar-refractivity contribution in [2.24, 2.45) is 0 Å². The van der Waals surface area contributed by atoms with Crippen molar-refractivity contribution in [1.29, 1.82) is 0 Å². The van der Waals surface area contributed by atoms with Crippen molar-refractivity contribution in [3.63, 3.8) is 0 Å². The van der Waals surface area contributed by atoms with Gasteiger partial charge in [0.05, 0.1) is 17.3 Å². The zero-order valence-electron chi connectivity index (χ0n) is 21.3. The molecule has 1 amide bonds. The summed E-state index contributed by atoms with van der Waals surface area (Å²) in [5.41, 5.74) is 3.99. The summed E-state index contributed by atoms with van der Waals surface area (Å²) in [5, 5.41) is 4.05. The number of fused-ring (bicyclic) bond motifs is 2. The fourth-order valence-electron chi connectivity index (χ4n) is 4.80. The number of thiazole rings is 1. The summed E-state index contributed by atoms with van der Waals surface area (Å²) in [6, 6.07) is 19.9. The smallest absolute Gasteiger partial charge is 0.251 e. The van der Waals surface area contributed by atoms with Crippen LogP contribution in [0.5, 0.6) is 17.2 Å². The number of nitrogens with one attached hydrogen (secondary N) is 1. The van der Waals surface area contributed by atoms with Crippen molar-refractivity contribution in [2.45, 2.75) is 13.0 Å². The normalized spacial score (nSPS) is 15.1. The SMILES string of the molecule is COc1ccc(CCNC(=O)c2ccc3nc(N4CCN(Cc5ccc6c(c5)OCO6)CC4)sc3c2)cc1. The number of carbonyl (C=O) groups is 1. The Bertz CT molecular complexity index is 1430.